The van der Waals surface area contributed by atoms with E-state index in [0.717, 1.165) is 43.3 Å². The molecule has 2 amide bonds. The molecule has 1 aromatic carbocycles. The van der Waals surface area contributed by atoms with E-state index < -0.39 is 0 Å². The molecule has 3 rings (SSSR count). The lowest BCUT2D eigenvalue weighted by atomic mass is 10.2. The van der Waals surface area contributed by atoms with E-state index in [-0.39, 0.29) is 6.03 Å². The molecule has 0 spiro atoms. The van der Waals surface area contributed by atoms with Gasteiger partial charge in [-0.05, 0) is 26.7 Å². The van der Waals surface area contributed by atoms with Crippen molar-refractivity contribution in [1.29, 1.82) is 0 Å². The second-order valence-corrected chi connectivity index (χ2v) is 6.44. The second-order valence-electron chi connectivity index (χ2n) is 6.44. The van der Waals surface area contributed by atoms with Crippen LogP contribution < -0.4 is 25.0 Å². The first-order valence-electron chi connectivity index (χ1n) is 8.91. The minimum absolute atomic E-state index is 0.381. The maximum absolute atomic E-state index is 12.5. The summed E-state index contributed by atoms with van der Waals surface area (Å²) in [5, 5.41) is 5.63. The molecule has 0 atom stereocenters. The summed E-state index contributed by atoms with van der Waals surface area (Å²) in [6, 6.07) is 4.79. The Kier molecular flexibility index (Phi) is 5.63. The highest BCUT2D eigenvalue weighted by Crippen LogP contribution is 2.27. The van der Waals surface area contributed by atoms with E-state index in [1.165, 1.54) is 0 Å². The molecule has 8 nitrogen and oxygen atoms in total. The van der Waals surface area contributed by atoms with E-state index >= 15 is 0 Å². The third kappa shape index (κ3) is 4.39. The number of carbonyl (C=O) groups excluding carboxylic acids is 1. The van der Waals surface area contributed by atoms with Crippen molar-refractivity contribution in [3.63, 3.8) is 0 Å². The number of anilines is 3. The molecular weight excluding hydrogens is 346 g/mol. The van der Waals surface area contributed by atoms with Gasteiger partial charge in [-0.3, -0.25) is 0 Å². The molecule has 1 aliphatic heterocycles. The van der Waals surface area contributed by atoms with Crippen LogP contribution in [-0.4, -0.2) is 43.3 Å². The van der Waals surface area contributed by atoms with Gasteiger partial charge < -0.3 is 25.0 Å². The average molecular weight is 371 g/mol. The molecule has 2 N–H and O–H groups in total. The molecule has 0 saturated carbocycles. The van der Waals surface area contributed by atoms with Gasteiger partial charge in [0.2, 0.25) is 5.95 Å². The predicted octanol–water partition coefficient (Wildman–Crippen LogP) is 3.35. The van der Waals surface area contributed by atoms with Crippen molar-refractivity contribution >= 4 is 23.4 Å². The van der Waals surface area contributed by atoms with Gasteiger partial charge in [0, 0.05) is 37.0 Å². The summed E-state index contributed by atoms with van der Waals surface area (Å²) in [5.41, 5.74) is 2.66. The van der Waals surface area contributed by atoms with Crippen LogP contribution in [0.5, 0.6) is 11.5 Å². The van der Waals surface area contributed by atoms with Gasteiger partial charge in [-0.25, -0.2) is 14.8 Å². The molecule has 0 radical (unpaired) electrons. The number of carbonyl (C=O) groups is 1. The van der Waals surface area contributed by atoms with Gasteiger partial charge in [0.05, 0.1) is 31.3 Å². The van der Waals surface area contributed by atoms with Crippen LogP contribution in [0.4, 0.5) is 22.1 Å². The van der Waals surface area contributed by atoms with Gasteiger partial charge in [-0.1, -0.05) is 0 Å². The Morgan fingerprint density at radius 1 is 0.963 bits per heavy atom. The standard InChI is InChI=1S/C19H25N5O3/c1-12-17(13(2)21-18(20-12)24-7-5-6-8-24)23-19(25)22-14-9-15(26-3)11-16(10-14)27-4/h9-11H,5-8H2,1-4H3,(H2,22,23,25). The zero-order valence-electron chi connectivity index (χ0n) is 16.1. The average Bonchev–Trinajstić information content (AvgIpc) is 3.19. The zero-order chi connectivity index (χ0) is 19.4. The molecule has 8 heteroatoms. The number of urea groups is 1. The molecule has 0 bridgehead atoms. The quantitative estimate of drug-likeness (QED) is 0.838. The van der Waals surface area contributed by atoms with Crippen molar-refractivity contribution in [2.24, 2.45) is 0 Å². The Balaban J connectivity index is 1.74. The van der Waals surface area contributed by atoms with E-state index in [0.29, 0.717) is 22.9 Å². The highest BCUT2D eigenvalue weighted by atomic mass is 16.5. The number of rotatable bonds is 5. The summed E-state index contributed by atoms with van der Waals surface area (Å²) in [5.74, 6) is 1.91. The highest BCUT2D eigenvalue weighted by Gasteiger charge is 2.18. The molecule has 0 aliphatic carbocycles. The maximum atomic E-state index is 12.5. The summed E-state index contributed by atoms with van der Waals surface area (Å²) >= 11 is 0. The van der Waals surface area contributed by atoms with Crippen molar-refractivity contribution in [3.05, 3.63) is 29.6 Å². The van der Waals surface area contributed by atoms with Crippen LogP contribution in [0.15, 0.2) is 18.2 Å². The van der Waals surface area contributed by atoms with Crippen LogP contribution in [0, 0.1) is 13.8 Å². The first kappa shape index (κ1) is 18.8. The maximum Gasteiger partial charge on any atom is 0.323 e. The minimum atomic E-state index is -0.381. The third-order valence-electron chi connectivity index (χ3n) is 4.50. The van der Waals surface area contributed by atoms with Crippen molar-refractivity contribution in [2.45, 2.75) is 26.7 Å². The molecule has 1 fully saturated rings. The van der Waals surface area contributed by atoms with E-state index in [4.69, 9.17) is 9.47 Å². The molecule has 0 unspecified atom stereocenters. The van der Waals surface area contributed by atoms with Crippen molar-refractivity contribution < 1.29 is 14.3 Å². The third-order valence-corrected chi connectivity index (χ3v) is 4.50. The summed E-state index contributed by atoms with van der Waals surface area (Å²) in [6.45, 7) is 5.70. The number of amides is 2. The van der Waals surface area contributed by atoms with Crippen molar-refractivity contribution in [2.75, 3.05) is 42.8 Å². The number of nitrogens with zero attached hydrogens (tertiary/aromatic N) is 3. The molecule has 1 saturated heterocycles. The van der Waals surface area contributed by atoms with E-state index in [2.05, 4.69) is 25.5 Å². The van der Waals surface area contributed by atoms with Gasteiger partial charge in [0.1, 0.15) is 11.5 Å². The van der Waals surface area contributed by atoms with Crippen LogP contribution in [-0.2, 0) is 0 Å². The van der Waals surface area contributed by atoms with Gasteiger partial charge in [0.15, 0.2) is 0 Å². The Hall–Kier alpha value is -3.03. The molecule has 144 valence electrons. The number of hydrogen-bond acceptors (Lipinski definition) is 6. The van der Waals surface area contributed by atoms with Crippen LogP contribution in [0.2, 0.25) is 0 Å². The highest BCUT2D eigenvalue weighted by molar-refractivity contribution is 6.00. The normalized spacial score (nSPS) is 13.4. The smallest absolute Gasteiger partial charge is 0.323 e. The largest absolute Gasteiger partial charge is 0.497 e. The van der Waals surface area contributed by atoms with Crippen LogP contribution in [0.25, 0.3) is 0 Å². The molecule has 1 aromatic heterocycles. The summed E-state index contributed by atoms with van der Waals surface area (Å²) in [6.07, 6.45) is 2.32. The van der Waals surface area contributed by atoms with Crippen LogP contribution in [0.3, 0.4) is 0 Å². The SMILES string of the molecule is COc1cc(NC(=O)Nc2c(C)nc(N3CCCC3)nc2C)cc(OC)c1. The fourth-order valence-corrected chi connectivity index (χ4v) is 3.09. The summed E-state index contributed by atoms with van der Waals surface area (Å²) in [4.78, 5) is 23.8. The fourth-order valence-electron chi connectivity index (χ4n) is 3.09. The molecule has 2 aromatic rings. The lowest BCUT2D eigenvalue weighted by Gasteiger charge is -2.18. The van der Waals surface area contributed by atoms with E-state index in [9.17, 15) is 4.79 Å². The predicted molar refractivity (Wildman–Crippen MR) is 105 cm³/mol. The van der Waals surface area contributed by atoms with Gasteiger partial charge in [-0.2, -0.15) is 0 Å². The summed E-state index contributed by atoms with van der Waals surface area (Å²) < 4.78 is 10.4. The van der Waals surface area contributed by atoms with E-state index in [1.807, 2.05) is 13.8 Å². The number of ether oxygens (including phenoxy) is 2. The van der Waals surface area contributed by atoms with Crippen LogP contribution >= 0.6 is 0 Å². The summed E-state index contributed by atoms with van der Waals surface area (Å²) in [7, 11) is 3.12. The Labute approximate surface area is 158 Å². The molecule has 27 heavy (non-hydrogen) atoms. The lowest BCUT2D eigenvalue weighted by molar-refractivity contribution is 0.262. The number of benzene rings is 1. The lowest BCUT2D eigenvalue weighted by Crippen LogP contribution is -2.24. The first-order chi connectivity index (χ1) is 13.0. The Bertz CT molecular complexity index is 789. The van der Waals surface area contributed by atoms with Crippen molar-refractivity contribution in [3.8, 4) is 11.5 Å². The molecular formula is C19H25N5O3. The monoisotopic (exact) mass is 371 g/mol. The fraction of sp³-hybridized carbons (Fsp3) is 0.421. The minimum Gasteiger partial charge on any atom is -0.497 e. The number of aryl methyl sites for hydroxylation is 2. The molecule has 2 heterocycles. The van der Waals surface area contributed by atoms with Crippen LogP contribution in [0.1, 0.15) is 24.2 Å². The van der Waals surface area contributed by atoms with Gasteiger partial charge in [-0.15, -0.1) is 0 Å². The number of nitrogens with one attached hydrogen (secondary N) is 2. The molecule has 1 aliphatic rings. The Morgan fingerprint density at radius 3 is 2.04 bits per heavy atom. The van der Waals surface area contributed by atoms with E-state index in [1.54, 1.807) is 32.4 Å². The van der Waals surface area contributed by atoms with Gasteiger partial charge >= 0.3 is 6.03 Å². The van der Waals surface area contributed by atoms with Crippen molar-refractivity contribution in [1.82, 2.24) is 9.97 Å². The first-order valence-corrected chi connectivity index (χ1v) is 8.91. The zero-order valence-corrected chi connectivity index (χ0v) is 16.1. The number of hydrogen-bond donors (Lipinski definition) is 2. The Morgan fingerprint density at radius 2 is 1.52 bits per heavy atom. The van der Waals surface area contributed by atoms with Gasteiger partial charge in [0.25, 0.3) is 0 Å². The number of methoxy groups -OCH3 is 2. The topological polar surface area (TPSA) is 88.6 Å². The number of aromatic nitrogens is 2. The second kappa shape index (κ2) is 8.11.